The highest BCUT2D eigenvalue weighted by Gasteiger charge is 2.08. The SMILES string of the molecule is CC(Cl)CNC(=O)c1ccc(I)c(O)c1. The van der Waals surface area contributed by atoms with Crippen LogP contribution < -0.4 is 5.32 Å². The summed E-state index contributed by atoms with van der Waals surface area (Å²) in [7, 11) is 0. The van der Waals surface area contributed by atoms with E-state index in [1.807, 2.05) is 22.6 Å². The maximum absolute atomic E-state index is 11.5. The van der Waals surface area contributed by atoms with Gasteiger partial charge in [-0.15, -0.1) is 11.6 Å². The Morgan fingerprint density at radius 1 is 1.67 bits per heavy atom. The van der Waals surface area contributed by atoms with Gasteiger partial charge in [-0.1, -0.05) is 0 Å². The molecular formula is C10H11ClINO2. The Kier molecular flexibility index (Phi) is 4.66. The third-order valence-corrected chi connectivity index (χ3v) is 2.82. The number of rotatable bonds is 3. The number of phenols is 1. The van der Waals surface area contributed by atoms with E-state index in [2.05, 4.69) is 5.32 Å². The van der Waals surface area contributed by atoms with Crippen molar-refractivity contribution in [2.45, 2.75) is 12.3 Å². The maximum Gasteiger partial charge on any atom is 0.251 e. The van der Waals surface area contributed by atoms with Gasteiger partial charge < -0.3 is 10.4 Å². The largest absolute Gasteiger partial charge is 0.507 e. The van der Waals surface area contributed by atoms with Crippen LogP contribution >= 0.6 is 34.2 Å². The van der Waals surface area contributed by atoms with Crippen LogP contribution in [-0.4, -0.2) is 22.9 Å². The number of carbonyl (C=O) groups excluding carboxylic acids is 1. The van der Waals surface area contributed by atoms with Crippen molar-refractivity contribution in [3.05, 3.63) is 27.3 Å². The van der Waals surface area contributed by atoms with E-state index < -0.39 is 0 Å². The number of hydrogen-bond acceptors (Lipinski definition) is 2. The van der Waals surface area contributed by atoms with E-state index in [0.717, 1.165) is 3.57 Å². The summed E-state index contributed by atoms with van der Waals surface area (Å²) in [5.41, 5.74) is 0.435. The highest BCUT2D eigenvalue weighted by molar-refractivity contribution is 14.1. The summed E-state index contributed by atoms with van der Waals surface area (Å²) in [6, 6.07) is 4.79. The summed E-state index contributed by atoms with van der Waals surface area (Å²) in [6.07, 6.45) is 0. The highest BCUT2D eigenvalue weighted by Crippen LogP contribution is 2.20. The van der Waals surface area contributed by atoms with E-state index in [1.54, 1.807) is 19.1 Å². The van der Waals surface area contributed by atoms with Gasteiger partial charge in [0.1, 0.15) is 5.75 Å². The van der Waals surface area contributed by atoms with Crippen LogP contribution in [0.5, 0.6) is 5.75 Å². The van der Waals surface area contributed by atoms with Crippen molar-refractivity contribution < 1.29 is 9.90 Å². The Labute approximate surface area is 107 Å². The summed E-state index contributed by atoms with van der Waals surface area (Å²) in [6.45, 7) is 2.21. The van der Waals surface area contributed by atoms with Gasteiger partial charge in [-0.2, -0.15) is 0 Å². The molecule has 15 heavy (non-hydrogen) atoms. The Morgan fingerprint density at radius 2 is 2.33 bits per heavy atom. The zero-order chi connectivity index (χ0) is 11.4. The van der Waals surface area contributed by atoms with Gasteiger partial charge in [0.2, 0.25) is 0 Å². The first-order valence-electron chi connectivity index (χ1n) is 4.41. The van der Waals surface area contributed by atoms with Crippen LogP contribution in [0.15, 0.2) is 18.2 Å². The van der Waals surface area contributed by atoms with Gasteiger partial charge in [0.05, 0.1) is 3.57 Å². The monoisotopic (exact) mass is 339 g/mol. The minimum absolute atomic E-state index is 0.105. The van der Waals surface area contributed by atoms with Gasteiger partial charge in [0, 0.05) is 17.5 Å². The second kappa shape index (κ2) is 5.55. The summed E-state index contributed by atoms with van der Waals surface area (Å²) in [4.78, 5) is 11.5. The number of halogens is 2. The average molecular weight is 340 g/mol. The Hall–Kier alpha value is -0.490. The number of hydrogen-bond donors (Lipinski definition) is 2. The molecule has 1 amide bonds. The molecule has 82 valence electrons. The fourth-order valence-electron chi connectivity index (χ4n) is 0.989. The van der Waals surface area contributed by atoms with Crippen molar-refractivity contribution >= 4 is 40.1 Å². The summed E-state index contributed by atoms with van der Waals surface area (Å²) in [5, 5.41) is 12.0. The Morgan fingerprint density at radius 3 is 2.87 bits per heavy atom. The predicted octanol–water partition coefficient (Wildman–Crippen LogP) is 2.35. The molecule has 0 spiro atoms. The van der Waals surface area contributed by atoms with E-state index in [4.69, 9.17) is 11.6 Å². The minimum atomic E-state index is -0.228. The van der Waals surface area contributed by atoms with Gasteiger partial charge >= 0.3 is 0 Å². The molecule has 0 saturated heterocycles. The third-order valence-electron chi connectivity index (χ3n) is 1.75. The molecule has 1 rings (SSSR count). The van der Waals surface area contributed by atoms with Crippen LogP contribution in [0, 0.1) is 3.57 Å². The predicted molar refractivity (Wildman–Crippen MR) is 68.5 cm³/mol. The van der Waals surface area contributed by atoms with E-state index in [0.29, 0.717) is 12.1 Å². The van der Waals surface area contributed by atoms with E-state index in [9.17, 15) is 9.90 Å². The van der Waals surface area contributed by atoms with E-state index >= 15 is 0 Å². The molecule has 5 heteroatoms. The van der Waals surface area contributed by atoms with Gasteiger partial charge in [0.15, 0.2) is 0 Å². The molecule has 0 heterocycles. The number of carbonyl (C=O) groups is 1. The molecule has 1 aromatic carbocycles. The van der Waals surface area contributed by atoms with Crippen molar-refractivity contribution in [3.8, 4) is 5.75 Å². The smallest absolute Gasteiger partial charge is 0.251 e. The number of amides is 1. The standard InChI is InChI=1S/C10H11ClINO2/c1-6(11)5-13-10(15)7-2-3-8(12)9(14)4-7/h2-4,6,14H,5H2,1H3,(H,13,15). The zero-order valence-electron chi connectivity index (χ0n) is 8.13. The molecular weight excluding hydrogens is 328 g/mol. The minimum Gasteiger partial charge on any atom is -0.507 e. The first kappa shape index (κ1) is 12.6. The highest BCUT2D eigenvalue weighted by atomic mass is 127. The second-order valence-corrected chi connectivity index (χ2v) is 5.06. The van der Waals surface area contributed by atoms with Crippen molar-refractivity contribution in [1.29, 1.82) is 0 Å². The lowest BCUT2D eigenvalue weighted by Gasteiger charge is -2.07. The van der Waals surface area contributed by atoms with Gasteiger partial charge in [-0.25, -0.2) is 0 Å². The van der Waals surface area contributed by atoms with Gasteiger partial charge in [0.25, 0.3) is 5.91 Å². The van der Waals surface area contributed by atoms with Crippen LogP contribution in [0.2, 0.25) is 0 Å². The number of alkyl halides is 1. The molecule has 0 aliphatic carbocycles. The fraction of sp³-hybridized carbons (Fsp3) is 0.300. The number of benzene rings is 1. The van der Waals surface area contributed by atoms with Crippen LogP contribution in [0.1, 0.15) is 17.3 Å². The lowest BCUT2D eigenvalue weighted by Crippen LogP contribution is -2.28. The van der Waals surface area contributed by atoms with Gasteiger partial charge in [-0.3, -0.25) is 4.79 Å². The summed E-state index contributed by atoms with van der Waals surface area (Å²) < 4.78 is 0.717. The fourth-order valence-corrected chi connectivity index (χ4v) is 1.40. The molecule has 2 N–H and O–H groups in total. The topological polar surface area (TPSA) is 49.3 Å². The van der Waals surface area contributed by atoms with Crippen LogP contribution in [0.4, 0.5) is 0 Å². The van der Waals surface area contributed by atoms with Crippen molar-refractivity contribution in [2.24, 2.45) is 0 Å². The molecule has 0 fully saturated rings. The molecule has 0 aliphatic rings. The molecule has 1 aromatic rings. The molecule has 1 unspecified atom stereocenters. The lowest BCUT2D eigenvalue weighted by molar-refractivity contribution is 0.0953. The molecule has 0 saturated carbocycles. The Bertz CT molecular complexity index is 368. The molecule has 1 atom stereocenters. The quantitative estimate of drug-likeness (QED) is 0.656. The van der Waals surface area contributed by atoms with Crippen LogP contribution in [0.25, 0.3) is 0 Å². The normalized spacial score (nSPS) is 12.2. The summed E-state index contributed by atoms with van der Waals surface area (Å²) in [5.74, 6) is -0.114. The second-order valence-electron chi connectivity index (χ2n) is 3.16. The molecule has 0 radical (unpaired) electrons. The first-order valence-corrected chi connectivity index (χ1v) is 5.93. The first-order chi connectivity index (χ1) is 7.00. The van der Waals surface area contributed by atoms with E-state index in [1.165, 1.54) is 6.07 Å². The van der Waals surface area contributed by atoms with Crippen molar-refractivity contribution in [2.75, 3.05) is 6.54 Å². The molecule has 0 aromatic heterocycles. The van der Waals surface area contributed by atoms with Crippen LogP contribution in [-0.2, 0) is 0 Å². The average Bonchev–Trinajstić information content (AvgIpc) is 2.18. The zero-order valence-corrected chi connectivity index (χ0v) is 11.0. The maximum atomic E-state index is 11.5. The van der Waals surface area contributed by atoms with Crippen LogP contribution in [0.3, 0.4) is 0 Å². The third kappa shape index (κ3) is 3.87. The van der Waals surface area contributed by atoms with E-state index in [-0.39, 0.29) is 17.0 Å². The number of phenolic OH excluding ortho intramolecular Hbond substituents is 1. The van der Waals surface area contributed by atoms with Crippen molar-refractivity contribution in [1.82, 2.24) is 5.32 Å². The van der Waals surface area contributed by atoms with Gasteiger partial charge in [-0.05, 0) is 47.7 Å². The van der Waals surface area contributed by atoms with Crippen molar-refractivity contribution in [3.63, 3.8) is 0 Å². The lowest BCUT2D eigenvalue weighted by atomic mass is 10.2. The summed E-state index contributed by atoms with van der Waals surface area (Å²) >= 11 is 7.69. The number of nitrogens with one attached hydrogen (secondary N) is 1. The number of aromatic hydroxyl groups is 1. The Balaban J connectivity index is 2.70. The molecule has 0 bridgehead atoms. The molecule has 3 nitrogen and oxygen atoms in total. The molecule has 0 aliphatic heterocycles.